The molecule has 0 amide bonds. The Morgan fingerprint density at radius 1 is 1.14 bits per heavy atom. The highest BCUT2D eigenvalue weighted by Crippen LogP contribution is 2.12. The number of rotatable bonds is 11. The first-order valence-corrected chi connectivity index (χ1v) is 7.86. The summed E-state index contributed by atoms with van der Waals surface area (Å²) in [5, 5.41) is 8.72. The lowest BCUT2D eigenvalue weighted by atomic mass is 10.2. The zero-order valence-corrected chi connectivity index (χ0v) is 13.6. The van der Waals surface area contributed by atoms with Gasteiger partial charge >= 0.3 is 0 Å². The quantitative estimate of drug-likeness (QED) is 0.485. The molecule has 3 N–H and O–H groups in total. The molecular weight excluding hydrogens is 284 g/mol. The molecule has 0 atom stereocenters. The van der Waals surface area contributed by atoms with Crippen LogP contribution in [-0.4, -0.2) is 48.3 Å². The molecular formula is C16H26N2O2S. The van der Waals surface area contributed by atoms with E-state index in [0.29, 0.717) is 18.2 Å². The Bertz CT molecular complexity index is 409. The summed E-state index contributed by atoms with van der Waals surface area (Å²) in [5.74, 6) is 0.848. The Morgan fingerprint density at radius 3 is 2.43 bits per heavy atom. The van der Waals surface area contributed by atoms with E-state index in [1.165, 1.54) is 0 Å². The summed E-state index contributed by atoms with van der Waals surface area (Å²) in [6, 6.07) is 7.55. The molecule has 21 heavy (non-hydrogen) atoms. The lowest BCUT2D eigenvalue weighted by molar-refractivity contribution is 0.252. The summed E-state index contributed by atoms with van der Waals surface area (Å²) < 4.78 is 5.69. The predicted molar refractivity (Wildman–Crippen MR) is 90.9 cm³/mol. The molecule has 0 bridgehead atoms. The van der Waals surface area contributed by atoms with Crippen molar-refractivity contribution in [2.45, 2.75) is 25.7 Å². The maximum absolute atomic E-state index is 8.72. The van der Waals surface area contributed by atoms with Crippen molar-refractivity contribution in [2.24, 2.45) is 5.73 Å². The summed E-state index contributed by atoms with van der Waals surface area (Å²) >= 11 is 4.91. The maximum Gasteiger partial charge on any atom is 0.119 e. The van der Waals surface area contributed by atoms with Crippen molar-refractivity contribution in [3.8, 4) is 5.75 Å². The SMILES string of the molecule is CN(CCCCCO)CCCOc1ccc(C(N)=S)cc1. The second-order valence-corrected chi connectivity index (χ2v) is 5.62. The van der Waals surface area contributed by atoms with Gasteiger partial charge in [-0.2, -0.15) is 0 Å². The fourth-order valence-electron chi connectivity index (χ4n) is 2.02. The molecule has 0 aromatic heterocycles. The molecule has 1 rings (SSSR count). The van der Waals surface area contributed by atoms with Crippen molar-refractivity contribution >= 4 is 17.2 Å². The Hall–Kier alpha value is -1.17. The standard InChI is InChI=1S/C16H26N2O2S/c1-18(10-3-2-4-12-19)11-5-13-20-15-8-6-14(7-9-15)16(17)21/h6-9,19H,2-5,10-13H2,1H3,(H2,17,21). The molecule has 118 valence electrons. The number of hydrogen-bond acceptors (Lipinski definition) is 4. The normalized spacial score (nSPS) is 10.8. The molecule has 0 fully saturated rings. The molecule has 1 aromatic rings. The molecule has 0 radical (unpaired) electrons. The smallest absolute Gasteiger partial charge is 0.119 e. The third-order valence-corrected chi connectivity index (χ3v) is 3.53. The van der Waals surface area contributed by atoms with E-state index in [9.17, 15) is 0 Å². The van der Waals surface area contributed by atoms with Crippen molar-refractivity contribution in [1.29, 1.82) is 0 Å². The molecule has 5 heteroatoms. The van der Waals surface area contributed by atoms with Gasteiger partial charge in [0.05, 0.1) is 6.61 Å². The van der Waals surface area contributed by atoms with Gasteiger partial charge in [-0.25, -0.2) is 0 Å². The number of benzene rings is 1. The zero-order valence-electron chi connectivity index (χ0n) is 12.8. The van der Waals surface area contributed by atoms with Crippen LogP contribution < -0.4 is 10.5 Å². The maximum atomic E-state index is 8.72. The topological polar surface area (TPSA) is 58.7 Å². The highest BCUT2D eigenvalue weighted by molar-refractivity contribution is 7.80. The van der Waals surface area contributed by atoms with Crippen LogP contribution in [0.5, 0.6) is 5.75 Å². The Kier molecular flexibility index (Phi) is 8.98. The number of hydrogen-bond donors (Lipinski definition) is 2. The van der Waals surface area contributed by atoms with Gasteiger partial charge in [0.25, 0.3) is 0 Å². The molecule has 0 saturated heterocycles. The molecule has 0 saturated carbocycles. The van der Waals surface area contributed by atoms with Gasteiger partial charge in [0.1, 0.15) is 10.7 Å². The predicted octanol–water partition coefficient (Wildman–Crippen LogP) is 2.18. The van der Waals surface area contributed by atoms with Crippen molar-refractivity contribution in [1.82, 2.24) is 4.90 Å². The van der Waals surface area contributed by atoms with Gasteiger partial charge in [0.15, 0.2) is 0 Å². The van der Waals surface area contributed by atoms with Crippen LogP contribution >= 0.6 is 12.2 Å². The molecule has 0 spiro atoms. The minimum absolute atomic E-state index is 0.297. The fourth-order valence-corrected chi connectivity index (χ4v) is 2.16. The monoisotopic (exact) mass is 310 g/mol. The summed E-state index contributed by atoms with van der Waals surface area (Å²) in [4.78, 5) is 2.71. The van der Waals surface area contributed by atoms with E-state index in [0.717, 1.165) is 50.1 Å². The van der Waals surface area contributed by atoms with Gasteiger partial charge in [0.2, 0.25) is 0 Å². The van der Waals surface area contributed by atoms with Gasteiger partial charge in [-0.3, -0.25) is 0 Å². The van der Waals surface area contributed by atoms with Crippen molar-refractivity contribution < 1.29 is 9.84 Å². The summed E-state index contributed by atoms with van der Waals surface area (Å²) in [6.45, 7) is 3.09. The summed E-state index contributed by atoms with van der Waals surface area (Å²) in [7, 11) is 2.12. The average Bonchev–Trinajstić information content (AvgIpc) is 2.48. The molecule has 0 unspecified atom stereocenters. The van der Waals surface area contributed by atoms with Crippen LogP contribution in [0, 0.1) is 0 Å². The molecule has 0 aliphatic carbocycles. The minimum atomic E-state index is 0.297. The van der Waals surface area contributed by atoms with Gasteiger partial charge < -0.3 is 20.5 Å². The minimum Gasteiger partial charge on any atom is -0.494 e. The second kappa shape index (κ2) is 10.5. The van der Waals surface area contributed by atoms with Gasteiger partial charge in [-0.05, 0) is 63.5 Å². The van der Waals surface area contributed by atoms with Crippen LogP contribution in [0.15, 0.2) is 24.3 Å². The molecule has 0 heterocycles. The highest BCUT2D eigenvalue weighted by Gasteiger charge is 2.00. The Labute approximate surface area is 132 Å². The number of ether oxygens (including phenoxy) is 1. The summed E-state index contributed by atoms with van der Waals surface area (Å²) in [5.41, 5.74) is 6.41. The van der Waals surface area contributed by atoms with E-state index >= 15 is 0 Å². The van der Waals surface area contributed by atoms with E-state index < -0.39 is 0 Å². The largest absolute Gasteiger partial charge is 0.494 e. The molecule has 4 nitrogen and oxygen atoms in total. The third kappa shape index (κ3) is 7.99. The van der Waals surface area contributed by atoms with Crippen LogP contribution in [0.1, 0.15) is 31.2 Å². The fraction of sp³-hybridized carbons (Fsp3) is 0.562. The Morgan fingerprint density at radius 2 is 1.81 bits per heavy atom. The van der Waals surface area contributed by atoms with Crippen LogP contribution in [0.25, 0.3) is 0 Å². The lowest BCUT2D eigenvalue weighted by Crippen LogP contribution is -2.22. The van der Waals surface area contributed by atoms with Crippen LogP contribution in [-0.2, 0) is 0 Å². The van der Waals surface area contributed by atoms with Gasteiger partial charge in [0, 0.05) is 18.7 Å². The average molecular weight is 310 g/mol. The first-order valence-electron chi connectivity index (χ1n) is 7.45. The first kappa shape index (κ1) is 17.9. The van der Waals surface area contributed by atoms with Gasteiger partial charge in [-0.1, -0.05) is 12.2 Å². The Balaban J connectivity index is 2.11. The third-order valence-electron chi connectivity index (χ3n) is 3.29. The van der Waals surface area contributed by atoms with E-state index in [1.54, 1.807) is 0 Å². The zero-order chi connectivity index (χ0) is 15.5. The van der Waals surface area contributed by atoms with Crippen molar-refractivity contribution in [3.05, 3.63) is 29.8 Å². The number of aliphatic hydroxyl groups excluding tert-OH is 1. The highest BCUT2D eigenvalue weighted by atomic mass is 32.1. The van der Waals surface area contributed by atoms with Gasteiger partial charge in [-0.15, -0.1) is 0 Å². The number of unbranched alkanes of at least 4 members (excludes halogenated alkanes) is 2. The van der Waals surface area contributed by atoms with Crippen LogP contribution in [0.2, 0.25) is 0 Å². The second-order valence-electron chi connectivity index (χ2n) is 5.18. The number of nitrogens with zero attached hydrogens (tertiary/aromatic N) is 1. The van der Waals surface area contributed by atoms with Crippen LogP contribution in [0.3, 0.4) is 0 Å². The number of aliphatic hydroxyl groups is 1. The number of thiocarbonyl (C=S) groups is 1. The molecule has 0 aliphatic heterocycles. The van der Waals surface area contributed by atoms with E-state index in [2.05, 4.69) is 11.9 Å². The van der Waals surface area contributed by atoms with Crippen LogP contribution in [0.4, 0.5) is 0 Å². The molecule has 0 aliphatic rings. The van der Waals surface area contributed by atoms with E-state index in [4.69, 9.17) is 27.8 Å². The summed E-state index contributed by atoms with van der Waals surface area (Å²) in [6.07, 6.45) is 4.12. The van der Waals surface area contributed by atoms with Crippen molar-refractivity contribution in [3.63, 3.8) is 0 Å². The molecule has 1 aromatic carbocycles. The lowest BCUT2D eigenvalue weighted by Gasteiger charge is -2.16. The first-order chi connectivity index (χ1) is 10.1. The van der Waals surface area contributed by atoms with Crippen molar-refractivity contribution in [2.75, 3.05) is 33.4 Å². The van der Waals surface area contributed by atoms with E-state index in [1.807, 2.05) is 24.3 Å². The number of nitrogens with two attached hydrogens (primary N) is 1. The van der Waals surface area contributed by atoms with E-state index in [-0.39, 0.29) is 0 Å².